The molecular weight excluding hydrogens is 293 g/mol. The molecule has 0 saturated carbocycles. The van der Waals surface area contributed by atoms with Gasteiger partial charge in [0, 0.05) is 0 Å². The van der Waals surface area contributed by atoms with Crippen molar-refractivity contribution in [3.05, 3.63) is 64.5 Å². The lowest BCUT2D eigenvalue weighted by molar-refractivity contribution is 0.279. The SMILES string of the molecule is N#Cc1ccc(OCc2c(F)c(F)c(F)c(F)c2F)cc1. The Morgan fingerprint density at radius 2 is 1.29 bits per heavy atom. The molecule has 0 aliphatic heterocycles. The maximum atomic E-state index is 13.4. The molecule has 7 heteroatoms. The number of rotatable bonds is 3. The van der Waals surface area contributed by atoms with Crippen LogP contribution in [-0.2, 0) is 6.61 Å². The summed E-state index contributed by atoms with van der Waals surface area (Å²) in [5.74, 6) is -10.00. The van der Waals surface area contributed by atoms with Gasteiger partial charge in [0.2, 0.25) is 5.82 Å². The second kappa shape index (κ2) is 5.79. The van der Waals surface area contributed by atoms with Crippen LogP contribution in [0.1, 0.15) is 11.1 Å². The molecule has 2 aromatic carbocycles. The minimum atomic E-state index is -2.22. The second-order valence-corrected chi connectivity index (χ2v) is 3.97. The van der Waals surface area contributed by atoms with Crippen molar-refractivity contribution < 1.29 is 26.7 Å². The molecule has 0 radical (unpaired) electrons. The van der Waals surface area contributed by atoms with Gasteiger partial charge in [-0.25, -0.2) is 22.0 Å². The lowest BCUT2D eigenvalue weighted by Gasteiger charge is -2.10. The minimum absolute atomic E-state index is 0.123. The first-order valence-electron chi connectivity index (χ1n) is 5.59. The Morgan fingerprint density at radius 3 is 1.76 bits per heavy atom. The van der Waals surface area contributed by atoms with Crippen molar-refractivity contribution in [2.75, 3.05) is 0 Å². The van der Waals surface area contributed by atoms with Crippen molar-refractivity contribution in [2.24, 2.45) is 0 Å². The molecule has 108 valence electrons. The number of nitriles is 1. The molecule has 0 atom stereocenters. The van der Waals surface area contributed by atoms with E-state index in [1.165, 1.54) is 24.3 Å². The lowest BCUT2D eigenvalue weighted by atomic mass is 10.2. The molecule has 0 heterocycles. The molecule has 0 spiro atoms. The van der Waals surface area contributed by atoms with Gasteiger partial charge in [-0.05, 0) is 24.3 Å². The van der Waals surface area contributed by atoms with Crippen LogP contribution in [0.3, 0.4) is 0 Å². The highest BCUT2D eigenvalue weighted by Gasteiger charge is 2.25. The Hall–Kier alpha value is -2.62. The summed E-state index contributed by atoms with van der Waals surface area (Å²) in [6.45, 7) is -0.836. The van der Waals surface area contributed by atoms with E-state index in [2.05, 4.69) is 0 Å². The van der Waals surface area contributed by atoms with E-state index in [0.29, 0.717) is 5.56 Å². The van der Waals surface area contributed by atoms with Gasteiger partial charge in [-0.1, -0.05) is 0 Å². The lowest BCUT2D eigenvalue weighted by Crippen LogP contribution is -2.09. The van der Waals surface area contributed by atoms with Crippen LogP contribution in [0.5, 0.6) is 5.75 Å². The number of hydrogen-bond acceptors (Lipinski definition) is 2. The molecule has 0 fully saturated rings. The van der Waals surface area contributed by atoms with Crippen molar-refractivity contribution >= 4 is 0 Å². The number of ether oxygens (including phenoxy) is 1. The van der Waals surface area contributed by atoms with Crippen LogP contribution in [0, 0.1) is 40.4 Å². The van der Waals surface area contributed by atoms with Gasteiger partial charge < -0.3 is 4.74 Å². The first-order chi connectivity index (χ1) is 9.95. The molecule has 0 unspecified atom stereocenters. The van der Waals surface area contributed by atoms with Crippen molar-refractivity contribution in [3.63, 3.8) is 0 Å². The Balaban J connectivity index is 2.26. The predicted molar refractivity (Wildman–Crippen MR) is 61.7 cm³/mol. The third kappa shape index (κ3) is 2.79. The van der Waals surface area contributed by atoms with Crippen molar-refractivity contribution in [1.82, 2.24) is 0 Å². The van der Waals surface area contributed by atoms with Gasteiger partial charge >= 0.3 is 0 Å². The highest BCUT2D eigenvalue weighted by atomic mass is 19.2. The summed E-state index contributed by atoms with van der Waals surface area (Å²) >= 11 is 0. The Labute approximate surface area is 116 Å². The zero-order valence-corrected chi connectivity index (χ0v) is 10.3. The number of halogens is 5. The van der Waals surface area contributed by atoms with E-state index >= 15 is 0 Å². The topological polar surface area (TPSA) is 33.0 Å². The van der Waals surface area contributed by atoms with E-state index in [0.717, 1.165) is 0 Å². The maximum Gasteiger partial charge on any atom is 0.200 e. The first-order valence-corrected chi connectivity index (χ1v) is 5.59. The molecule has 0 N–H and O–H groups in total. The first kappa shape index (κ1) is 14.8. The fourth-order valence-electron chi connectivity index (χ4n) is 1.56. The van der Waals surface area contributed by atoms with E-state index in [-0.39, 0.29) is 5.75 Å². The van der Waals surface area contributed by atoms with Gasteiger partial charge in [-0.2, -0.15) is 5.26 Å². The summed E-state index contributed by atoms with van der Waals surface area (Å²) in [5, 5.41) is 8.59. The molecule has 0 aromatic heterocycles. The molecule has 0 saturated heterocycles. The number of benzene rings is 2. The summed E-state index contributed by atoms with van der Waals surface area (Å²) in [7, 11) is 0. The van der Waals surface area contributed by atoms with Gasteiger partial charge in [0.1, 0.15) is 12.4 Å². The second-order valence-electron chi connectivity index (χ2n) is 3.97. The fourth-order valence-corrected chi connectivity index (χ4v) is 1.56. The molecule has 2 aromatic rings. The fraction of sp³-hybridized carbons (Fsp3) is 0.0714. The monoisotopic (exact) mass is 299 g/mol. The normalized spacial score (nSPS) is 10.3. The van der Waals surface area contributed by atoms with E-state index in [1.54, 1.807) is 0 Å². The van der Waals surface area contributed by atoms with Crippen LogP contribution in [0.15, 0.2) is 24.3 Å². The van der Waals surface area contributed by atoms with Gasteiger partial charge in [-0.15, -0.1) is 0 Å². The molecular formula is C14H6F5NO. The molecule has 2 rings (SSSR count). The number of nitrogens with zero attached hydrogens (tertiary/aromatic N) is 1. The van der Waals surface area contributed by atoms with E-state index in [4.69, 9.17) is 10.00 Å². The molecule has 0 aliphatic rings. The quantitative estimate of drug-likeness (QED) is 0.490. The molecule has 0 aliphatic carbocycles. The molecule has 2 nitrogen and oxygen atoms in total. The van der Waals surface area contributed by atoms with E-state index in [1.807, 2.05) is 6.07 Å². The van der Waals surface area contributed by atoms with Crippen molar-refractivity contribution in [2.45, 2.75) is 6.61 Å². The summed E-state index contributed by atoms with van der Waals surface area (Å²) in [6, 6.07) is 7.29. The summed E-state index contributed by atoms with van der Waals surface area (Å²) < 4.78 is 70.5. The summed E-state index contributed by atoms with van der Waals surface area (Å²) in [6.07, 6.45) is 0. The van der Waals surface area contributed by atoms with Gasteiger partial charge in [0.25, 0.3) is 0 Å². The average molecular weight is 299 g/mol. The molecule has 21 heavy (non-hydrogen) atoms. The zero-order valence-electron chi connectivity index (χ0n) is 10.3. The summed E-state index contributed by atoms with van der Waals surface area (Å²) in [4.78, 5) is 0. The minimum Gasteiger partial charge on any atom is -0.489 e. The van der Waals surface area contributed by atoms with E-state index in [9.17, 15) is 22.0 Å². The van der Waals surface area contributed by atoms with Crippen molar-refractivity contribution in [1.29, 1.82) is 5.26 Å². The highest BCUT2D eigenvalue weighted by Crippen LogP contribution is 2.24. The Kier molecular flexibility index (Phi) is 4.08. The summed E-state index contributed by atoms with van der Waals surface area (Å²) in [5.41, 5.74) is -0.727. The van der Waals surface area contributed by atoms with Crippen LogP contribution in [-0.4, -0.2) is 0 Å². The van der Waals surface area contributed by atoms with Gasteiger partial charge in [-0.3, -0.25) is 0 Å². The van der Waals surface area contributed by atoms with Crippen LogP contribution in [0.25, 0.3) is 0 Å². The van der Waals surface area contributed by atoms with Crippen LogP contribution < -0.4 is 4.74 Å². The largest absolute Gasteiger partial charge is 0.489 e. The standard InChI is InChI=1S/C14H6F5NO/c15-10-9(11(16)13(18)14(19)12(10)17)6-21-8-3-1-7(5-20)2-4-8/h1-4H,6H2. The number of hydrogen-bond donors (Lipinski definition) is 0. The van der Waals surface area contributed by atoms with Crippen LogP contribution in [0.2, 0.25) is 0 Å². The van der Waals surface area contributed by atoms with Crippen LogP contribution >= 0.6 is 0 Å². The van der Waals surface area contributed by atoms with E-state index < -0.39 is 41.3 Å². The van der Waals surface area contributed by atoms with Gasteiger partial charge in [0.05, 0.1) is 17.2 Å². The molecule has 0 bridgehead atoms. The smallest absolute Gasteiger partial charge is 0.200 e. The Bertz CT molecular complexity index is 693. The highest BCUT2D eigenvalue weighted by molar-refractivity contribution is 5.34. The third-order valence-corrected chi connectivity index (χ3v) is 2.67. The zero-order chi connectivity index (χ0) is 15.6. The van der Waals surface area contributed by atoms with Crippen LogP contribution in [0.4, 0.5) is 22.0 Å². The third-order valence-electron chi connectivity index (χ3n) is 2.67. The maximum absolute atomic E-state index is 13.4. The molecule has 0 amide bonds. The van der Waals surface area contributed by atoms with Crippen molar-refractivity contribution in [3.8, 4) is 11.8 Å². The average Bonchev–Trinajstić information content (AvgIpc) is 2.51. The predicted octanol–water partition coefficient (Wildman–Crippen LogP) is 3.83. The van der Waals surface area contributed by atoms with Gasteiger partial charge in [0.15, 0.2) is 23.3 Å². The Morgan fingerprint density at radius 1 is 0.810 bits per heavy atom.